The van der Waals surface area contributed by atoms with Crippen molar-refractivity contribution in [3.63, 3.8) is 0 Å². The van der Waals surface area contributed by atoms with E-state index in [1.807, 2.05) is 44.2 Å². The summed E-state index contributed by atoms with van der Waals surface area (Å²) in [5.74, 6) is -0.342. The molecule has 0 saturated heterocycles. The Morgan fingerprint density at radius 3 is 2.56 bits per heavy atom. The van der Waals surface area contributed by atoms with Crippen molar-refractivity contribution in [1.29, 1.82) is 0 Å². The number of ether oxygens (including phenoxy) is 1. The number of hydrogen-bond donors (Lipinski definition) is 1. The lowest BCUT2D eigenvalue weighted by Crippen LogP contribution is -2.17. The predicted octanol–water partition coefficient (Wildman–Crippen LogP) is 2.41. The molecule has 3 nitrogen and oxygen atoms in total. The molecule has 0 amide bonds. The van der Waals surface area contributed by atoms with E-state index in [0.717, 1.165) is 5.70 Å². The van der Waals surface area contributed by atoms with E-state index in [-0.39, 0.29) is 12.0 Å². The average Bonchev–Trinajstić information content (AvgIpc) is 2.29. The molecule has 1 aromatic rings. The molecule has 1 unspecified atom stereocenters. The minimum atomic E-state index is -0.342. The number of methoxy groups -OCH3 is 1. The maximum absolute atomic E-state index is 11.0. The summed E-state index contributed by atoms with van der Waals surface area (Å²) in [6.07, 6.45) is 1.44. The first-order valence-corrected chi connectivity index (χ1v) is 5.21. The van der Waals surface area contributed by atoms with Crippen LogP contribution in [0.3, 0.4) is 0 Å². The topological polar surface area (TPSA) is 38.3 Å². The Labute approximate surface area is 96.1 Å². The molecule has 0 saturated carbocycles. The smallest absolute Gasteiger partial charge is 0.332 e. The van der Waals surface area contributed by atoms with Gasteiger partial charge in [0.1, 0.15) is 0 Å². The van der Waals surface area contributed by atoms with E-state index in [1.54, 1.807) is 0 Å². The molecule has 0 bridgehead atoms. The summed E-state index contributed by atoms with van der Waals surface area (Å²) in [7, 11) is 1.37. The van der Waals surface area contributed by atoms with E-state index in [0.29, 0.717) is 0 Å². The predicted molar refractivity (Wildman–Crippen MR) is 63.8 cm³/mol. The monoisotopic (exact) mass is 219 g/mol. The van der Waals surface area contributed by atoms with Crippen LogP contribution >= 0.6 is 0 Å². The molecule has 3 heteroatoms. The van der Waals surface area contributed by atoms with E-state index in [2.05, 4.69) is 10.1 Å². The van der Waals surface area contributed by atoms with Crippen molar-refractivity contribution in [3.8, 4) is 0 Å². The van der Waals surface area contributed by atoms with Crippen LogP contribution in [-0.4, -0.2) is 13.1 Å². The van der Waals surface area contributed by atoms with Gasteiger partial charge in [-0.05, 0) is 19.4 Å². The molecule has 1 aromatic carbocycles. The molecule has 86 valence electrons. The number of allylic oxidation sites excluding steroid dienone is 1. The van der Waals surface area contributed by atoms with Crippen molar-refractivity contribution in [1.82, 2.24) is 5.32 Å². The van der Waals surface area contributed by atoms with E-state index in [1.165, 1.54) is 18.7 Å². The Kier molecular flexibility index (Phi) is 4.58. The molecule has 0 aromatic heterocycles. The van der Waals surface area contributed by atoms with Gasteiger partial charge in [0, 0.05) is 17.8 Å². The van der Waals surface area contributed by atoms with E-state index in [4.69, 9.17) is 0 Å². The Morgan fingerprint density at radius 1 is 1.38 bits per heavy atom. The third-order valence-corrected chi connectivity index (χ3v) is 2.28. The third-order valence-electron chi connectivity index (χ3n) is 2.28. The highest BCUT2D eigenvalue weighted by molar-refractivity contribution is 5.82. The maximum atomic E-state index is 11.0. The zero-order valence-electron chi connectivity index (χ0n) is 9.86. The second-order valence-corrected chi connectivity index (χ2v) is 3.63. The number of hydrogen-bond acceptors (Lipinski definition) is 3. The van der Waals surface area contributed by atoms with Gasteiger partial charge in [-0.15, -0.1) is 0 Å². The highest BCUT2D eigenvalue weighted by Gasteiger charge is 2.04. The molecule has 0 aliphatic rings. The second-order valence-electron chi connectivity index (χ2n) is 3.63. The fourth-order valence-electron chi connectivity index (χ4n) is 1.44. The summed E-state index contributed by atoms with van der Waals surface area (Å²) in [6, 6.07) is 10.2. The van der Waals surface area contributed by atoms with E-state index < -0.39 is 0 Å². The van der Waals surface area contributed by atoms with Crippen LogP contribution in [0.5, 0.6) is 0 Å². The molecule has 1 atom stereocenters. The highest BCUT2D eigenvalue weighted by atomic mass is 16.5. The second kappa shape index (κ2) is 5.95. The van der Waals surface area contributed by atoms with Crippen molar-refractivity contribution in [2.45, 2.75) is 19.9 Å². The van der Waals surface area contributed by atoms with Gasteiger partial charge in [-0.3, -0.25) is 0 Å². The van der Waals surface area contributed by atoms with Crippen LogP contribution in [0.4, 0.5) is 0 Å². The molecule has 0 aliphatic heterocycles. The van der Waals surface area contributed by atoms with Gasteiger partial charge in [-0.1, -0.05) is 30.3 Å². The van der Waals surface area contributed by atoms with Crippen molar-refractivity contribution < 1.29 is 9.53 Å². The molecule has 0 heterocycles. The summed E-state index contributed by atoms with van der Waals surface area (Å²) in [4.78, 5) is 11.0. The first-order valence-electron chi connectivity index (χ1n) is 5.21. The highest BCUT2D eigenvalue weighted by Crippen LogP contribution is 2.12. The van der Waals surface area contributed by atoms with E-state index in [9.17, 15) is 4.79 Å². The molecule has 16 heavy (non-hydrogen) atoms. The van der Waals surface area contributed by atoms with Gasteiger partial charge in [0.15, 0.2) is 0 Å². The van der Waals surface area contributed by atoms with Gasteiger partial charge >= 0.3 is 5.97 Å². The van der Waals surface area contributed by atoms with Crippen LogP contribution in [0.25, 0.3) is 0 Å². The largest absolute Gasteiger partial charge is 0.466 e. The molecule has 0 radical (unpaired) electrons. The molecule has 0 spiro atoms. The average molecular weight is 219 g/mol. The summed E-state index contributed by atoms with van der Waals surface area (Å²) < 4.78 is 4.55. The van der Waals surface area contributed by atoms with Gasteiger partial charge in [-0.25, -0.2) is 4.79 Å². The fraction of sp³-hybridized carbons (Fsp3) is 0.308. The van der Waals surface area contributed by atoms with Gasteiger partial charge in [0.05, 0.1) is 7.11 Å². The fourth-order valence-corrected chi connectivity index (χ4v) is 1.44. The Hall–Kier alpha value is -1.77. The zero-order chi connectivity index (χ0) is 12.0. The lowest BCUT2D eigenvalue weighted by atomic mass is 10.1. The van der Waals surface area contributed by atoms with Gasteiger partial charge in [0.25, 0.3) is 0 Å². The molecular weight excluding hydrogens is 202 g/mol. The number of rotatable bonds is 4. The Bertz CT molecular complexity index is 371. The number of carbonyl (C=O) groups excluding carboxylic acids is 1. The van der Waals surface area contributed by atoms with Crippen LogP contribution in [0, 0.1) is 0 Å². The first kappa shape index (κ1) is 12.3. The SMILES string of the molecule is COC(=O)C=C(C)NC(C)c1ccccc1. The Balaban J connectivity index is 2.61. The summed E-state index contributed by atoms with van der Waals surface area (Å²) in [5.41, 5.74) is 1.98. The number of nitrogens with one attached hydrogen (secondary N) is 1. The van der Waals surface area contributed by atoms with Crippen molar-refractivity contribution in [2.75, 3.05) is 7.11 Å². The first-order chi connectivity index (χ1) is 7.63. The maximum Gasteiger partial charge on any atom is 0.332 e. The number of benzene rings is 1. The molecule has 1 rings (SSSR count). The third kappa shape index (κ3) is 3.77. The molecular formula is C13H17NO2. The van der Waals surface area contributed by atoms with Crippen LogP contribution in [-0.2, 0) is 9.53 Å². The van der Waals surface area contributed by atoms with E-state index >= 15 is 0 Å². The summed E-state index contributed by atoms with van der Waals surface area (Å²) in [5, 5.41) is 3.22. The zero-order valence-corrected chi connectivity index (χ0v) is 9.86. The number of carbonyl (C=O) groups is 1. The minimum Gasteiger partial charge on any atom is -0.466 e. The van der Waals surface area contributed by atoms with Gasteiger partial charge < -0.3 is 10.1 Å². The standard InChI is InChI=1S/C13H17NO2/c1-10(9-13(15)16-3)14-11(2)12-7-5-4-6-8-12/h4-9,11,14H,1-3H3. The van der Waals surface area contributed by atoms with Crippen molar-refractivity contribution in [3.05, 3.63) is 47.7 Å². The van der Waals surface area contributed by atoms with Crippen molar-refractivity contribution in [2.24, 2.45) is 0 Å². The van der Waals surface area contributed by atoms with Crippen LogP contribution in [0.15, 0.2) is 42.1 Å². The molecule has 1 N–H and O–H groups in total. The van der Waals surface area contributed by atoms with Gasteiger partial charge in [-0.2, -0.15) is 0 Å². The molecule has 0 fully saturated rings. The van der Waals surface area contributed by atoms with Gasteiger partial charge in [0.2, 0.25) is 0 Å². The normalized spacial score (nSPS) is 13.1. The lowest BCUT2D eigenvalue weighted by molar-refractivity contribution is -0.134. The van der Waals surface area contributed by atoms with Crippen molar-refractivity contribution >= 4 is 5.97 Å². The summed E-state index contributed by atoms with van der Waals surface area (Å²) in [6.45, 7) is 3.89. The molecule has 0 aliphatic carbocycles. The van der Waals surface area contributed by atoms with Crippen LogP contribution in [0.2, 0.25) is 0 Å². The number of esters is 1. The summed E-state index contributed by atoms with van der Waals surface area (Å²) >= 11 is 0. The minimum absolute atomic E-state index is 0.169. The van der Waals surface area contributed by atoms with Crippen LogP contribution in [0.1, 0.15) is 25.5 Å². The van der Waals surface area contributed by atoms with Crippen LogP contribution < -0.4 is 5.32 Å². The lowest BCUT2D eigenvalue weighted by Gasteiger charge is -2.15. The quantitative estimate of drug-likeness (QED) is 0.624. The Morgan fingerprint density at radius 2 is 2.00 bits per heavy atom.